The summed E-state index contributed by atoms with van der Waals surface area (Å²) in [5.41, 5.74) is -2.79. The van der Waals surface area contributed by atoms with E-state index in [1.807, 2.05) is 0 Å². The van der Waals surface area contributed by atoms with Crippen LogP contribution in [0, 0.1) is 0 Å². The van der Waals surface area contributed by atoms with Gasteiger partial charge in [-0.05, 0) is 30.7 Å². The number of ether oxygens (including phenoxy) is 1. The molecular weight excluding hydrogens is 288 g/mol. The molecule has 1 saturated heterocycles. The van der Waals surface area contributed by atoms with Crippen molar-refractivity contribution in [1.82, 2.24) is 5.32 Å². The van der Waals surface area contributed by atoms with Crippen molar-refractivity contribution in [2.75, 3.05) is 6.73 Å². The molecule has 20 heavy (non-hydrogen) atoms. The Morgan fingerprint density at radius 3 is 1.85 bits per heavy atom. The number of benzene rings is 1. The van der Waals surface area contributed by atoms with Crippen molar-refractivity contribution in [3.8, 4) is 0 Å². The molecule has 1 N–H and O–H groups in total. The molecule has 112 valence electrons. The van der Waals surface area contributed by atoms with Gasteiger partial charge in [-0.3, -0.25) is 5.32 Å². The quantitative estimate of drug-likeness (QED) is 0.798. The Hall–Kier alpha value is -1.28. The first kappa shape index (κ1) is 15.1. The van der Waals surface area contributed by atoms with Crippen LogP contribution in [0.1, 0.15) is 29.7 Å². The van der Waals surface area contributed by atoms with Crippen LogP contribution in [0.4, 0.5) is 26.3 Å². The van der Waals surface area contributed by atoms with Crippen LogP contribution in [0.3, 0.4) is 0 Å². The molecule has 0 aliphatic carbocycles. The minimum Gasteiger partial charge on any atom is -0.357 e. The monoisotopic (exact) mass is 299 g/mol. The summed E-state index contributed by atoms with van der Waals surface area (Å²) >= 11 is 0. The number of hydrogen-bond acceptors (Lipinski definition) is 2. The van der Waals surface area contributed by atoms with Crippen molar-refractivity contribution in [3.63, 3.8) is 0 Å². The molecule has 0 aromatic heterocycles. The molecule has 1 aromatic carbocycles. The number of rotatable bonds is 1. The minimum atomic E-state index is -4.84. The summed E-state index contributed by atoms with van der Waals surface area (Å²) in [7, 11) is 0. The summed E-state index contributed by atoms with van der Waals surface area (Å²) in [6, 6.07) is 1.14. The molecule has 8 heteroatoms. The van der Waals surface area contributed by atoms with Crippen molar-refractivity contribution >= 4 is 0 Å². The van der Waals surface area contributed by atoms with Gasteiger partial charge in [0.2, 0.25) is 0 Å². The Labute approximate surface area is 110 Å². The molecule has 2 rings (SSSR count). The highest BCUT2D eigenvalue weighted by atomic mass is 19.4. The smallest absolute Gasteiger partial charge is 0.357 e. The van der Waals surface area contributed by atoms with Gasteiger partial charge in [0.05, 0.1) is 24.0 Å². The predicted molar refractivity (Wildman–Crippen MR) is 57.7 cm³/mol. The van der Waals surface area contributed by atoms with Gasteiger partial charge in [-0.1, -0.05) is 0 Å². The third kappa shape index (κ3) is 3.06. The van der Waals surface area contributed by atoms with E-state index in [-0.39, 0.29) is 24.4 Å². The van der Waals surface area contributed by atoms with Crippen LogP contribution in [0.5, 0.6) is 0 Å². The Bertz CT molecular complexity index is 463. The summed E-state index contributed by atoms with van der Waals surface area (Å²) in [5, 5.41) is 2.80. The molecule has 0 radical (unpaired) electrons. The lowest BCUT2D eigenvalue weighted by Crippen LogP contribution is -2.22. The molecule has 2 nitrogen and oxygen atoms in total. The third-order valence-electron chi connectivity index (χ3n) is 3.06. The molecule has 1 fully saturated rings. The van der Waals surface area contributed by atoms with Gasteiger partial charge in [-0.15, -0.1) is 0 Å². The minimum absolute atomic E-state index is 0.0867. The van der Waals surface area contributed by atoms with Gasteiger partial charge in [0.25, 0.3) is 0 Å². The summed E-state index contributed by atoms with van der Waals surface area (Å²) in [4.78, 5) is 0. The lowest BCUT2D eigenvalue weighted by atomic mass is 9.98. The average Bonchev–Trinajstić information content (AvgIpc) is 2.72. The van der Waals surface area contributed by atoms with Crippen LogP contribution >= 0.6 is 0 Å². The maximum Gasteiger partial charge on any atom is 0.416 e. The van der Waals surface area contributed by atoms with E-state index in [4.69, 9.17) is 4.74 Å². The van der Waals surface area contributed by atoms with Gasteiger partial charge >= 0.3 is 12.4 Å². The van der Waals surface area contributed by atoms with Gasteiger partial charge in [0.15, 0.2) is 0 Å². The highest BCUT2D eigenvalue weighted by Gasteiger charge is 2.38. The molecule has 0 saturated carbocycles. The molecule has 1 heterocycles. The SMILES string of the molecule is C[C@@H]1NCO[C@@H]1c1cc(C(F)(F)F)cc(C(F)(F)F)c1. The van der Waals surface area contributed by atoms with E-state index in [0.717, 1.165) is 0 Å². The van der Waals surface area contributed by atoms with Crippen molar-refractivity contribution < 1.29 is 31.1 Å². The fraction of sp³-hybridized carbons (Fsp3) is 0.500. The Morgan fingerprint density at radius 2 is 1.50 bits per heavy atom. The van der Waals surface area contributed by atoms with E-state index in [0.29, 0.717) is 12.1 Å². The van der Waals surface area contributed by atoms with E-state index in [9.17, 15) is 26.3 Å². The molecular formula is C12H11F6NO. The number of halogens is 6. The van der Waals surface area contributed by atoms with Gasteiger partial charge in [-0.2, -0.15) is 26.3 Å². The average molecular weight is 299 g/mol. The molecule has 1 aliphatic heterocycles. The molecule has 2 atom stereocenters. The normalized spacial score (nSPS) is 24.1. The lowest BCUT2D eigenvalue weighted by molar-refractivity contribution is -0.143. The fourth-order valence-corrected chi connectivity index (χ4v) is 2.05. The van der Waals surface area contributed by atoms with Crippen LogP contribution < -0.4 is 5.32 Å². The van der Waals surface area contributed by atoms with Crippen LogP contribution in [0.25, 0.3) is 0 Å². The van der Waals surface area contributed by atoms with E-state index < -0.39 is 29.6 Å². The zero-order valence-corrected chi connectivity index (χ0v) is 10.3. The molecule has 1 aromatic rings. The molecule has 0 bridgehead atoms. The molecule has 0 unspecified atom stereocenters. The summed E-state index contributed by atoms with van der Waals surface area (Å²) in [6.45, 7) is 1.72. The van der Waals surface area contributed by atoms with Crippen molar-refractivity contribution in [1.29, 1.82) is 0 Å². The highest BCUT2D eigenvalue weighted by molar-refractivity contribution is 5.35. The standard InChI is InChI=1S/C12H11F6NO/c1-6-10(20-5-19-6)7-2-8(11(13,14)15)4-9(3-7)12(16,17)18/h2-4,6,10,19H,5H2,1H3/t6-,10-/m0/s1. The zero-order valence-electron chi connectivity index (χ0n) is 10.3. The largest absolute Gasteiger partial charge is 0.416 e. The van der Waals surface area contributed by atoms with Crippen LogP contribution in [0.2, 0.25) is 0 Å². The van der Waals surface area contributed by atoms with Crippen molar-refractivity contribution in [3.05, 3.63) is 34.9 Å². The second-order valence-electron chi connectivity index (χ2n) is 4.56. The first-order valence-electron chi connectivity index (χ1n) is 5.73. The maximum absolute atomic E-state index is 12.7. The summed E-state index contributed by atoms with van der Waals surface area (Å²) < 4.78 is 81.3. The van der Waals surface area contributed by atoms with Crippen molar-refractivity contribution in [2.45, 2.75) is 31.4 Å². The predicted octanol–water partition coefficient (Wildman–Crippen LogP) is 3.73. The van der Waals surface area contributed by atoms with Gasteiger partial charge < -0.3 is 4.74 Å². The zero-order chi connectivity index (χ0) is 15.1. The lowest BCUT2D eigenvalue weighted by Gasteiger charge is -2.19. The first-order chi connectivity index (χ1) is 9.09. The second-order valence-corrected chi connectivity index (χ2v) is 4.56. The van der Waals surface area contributed by atoms with E-state index in [1.165, 1.54) is 0 Å². The Morgan fingerprint density at radius 1 is 1.00 bits per heavy atom. The van der Waals surface area contributed by atoms with Crippen molar-refractivity contribution in [2.24, 2.45) is 0 Å². The topological polar surface area (TPSA) is 21.3 Å². The Balaban J connectivity index is 2.51. The summed E-state index contributed by atoms with van der Waals surface area (Å²) in [5.74, 6) is 0. The van der Waals surface area contributed by atoms with Crippen LogP contribution in [-0.4, -0.2) is 12.8 Å². The maximum atomic E-state index is 12.7. The Kier molecular flexibility index (Phi) is 3.72. The number of alkyl halides is 6. The molecule has 0 amide bonds. The van der Waals surface area contributed by atoms with Gasteiger partial charge in [0.1, 0.15) is 0 Å². The van der Waals surface area contributed by atoms with E-state index >= 15 is 0 Å². The van der Waals surface area contributed by atoms with Gasteiger partial charge in [0, 0.05) is 6.04 Å². The summed E-state index contributed by atoms with van der Waals surface area (Å²) in [6.07, 6.45) is -10.5. The first-order valence-corrected chi connectivity index (χ1v) is 5.73. The van der Waals surface area contributed by atoms with Gasteiger partial charge in [-0.25, -0.2) is 0 Å². The van der Waals surface area contributed by atoms with Crippen LogP contribution in [0.15, 0.2) is 18.2 Å². The second kappa shape index (κ2) is 4.92. The van der Waals surface area contributed by atoms with E-state index in [1.54, 1.807) is 6.92 Å². The molecule has 1 aliphatic rings. The van der Waals surface area contributed by atoms with E-state index in [2.05, 4.69) is 5.32 Å². The highest BCUT2D eigenvalue weighted by Crippen LogP contribution is 2.38. The molecule has 0 spiro atoms. The number of nitrogens with one attached hydrogen (secondary N) is 1. The van der Waals surface area contributed by atoms with Crippen LogP contribution in [-0.2, 0) is 17.1 Å². The third-order valence-corrected chi connectivity index (χ3v) is 3.06. The fourth-order valence-electron chi connectivity index (χ4n) is 2.05. The number of hydrogen-bond donors (Lipinski definition) is 1.